The number of rotatable bonds is 8. The maximum atomic E-state index is 4.73. The molecule has 0 spiro atoms. The molecule has 1 unspecified atom stereocenters. The van der Waals surface area contributed by atoms with E-state index in [1.807, 2.05) is 0 Å². The van der Waals surface area contributed by atoms with E-state index in [1.54, 1.807) is 6.33 Å². The Labute approximate surface area is 173 Å². The van der Waals surface area contributed by atoms with Crippen molar-refractivity contribution < 1.29 is 0 Å². The zero-order valence-electron chi connectivity index (χ0n) is 16.2. The fourth-order valence-corrected chi connectivity index (χ4v) is 2.60. The van der Waals surface area contributed by atoms with Gasteiger partial charge in [0.25, 0.3) is 0 Å². The highest BCUT2D eigenvalue weighted by Gasteiger charge is 2.06. The van der Waals surface area contributed by atoms with Gasteiger partial charge in [-0.3, -0.25) is 4.99 Å². The normalized spacial score (nSPS) is 12.4. The van der Waals surface area contributed by atoms with Gasteiger partial charge in [-0.2, -0.15) is 0 Å². The molecule has 1 aromatic heterocycles. The second-order valence-electron chi connectivity index (χ2n) is 6.25. The van der Waals surface area contributed by atoms with Gasteiger partial charge in [-0.25, -0.2) is 0 Å². The van der Waals surface area contributed by atoms with E-state index < -0.39 is 0 Å². The second-order valence-corrected chi connectivity index (χ2v) is 6.25. The van der Waals surface area contributed by atoms with Gasteiger partial charge in [-0.05, 0) is 19.4 Å². The highest BCUT2D eigenvalue weighted by atomic mass is 127. The maximum Gasteiger partial charge on any atom is 0.191 e. The molecule has 0 bridgehead atoms. The summed E-state index contributed by atoms with van der Waals surface area (Å²) in [5, 5.41) is 14.8. The number of benzene rings is 1. The lowest BCUT2D eigenvalue weighted by molar-refractivity contribution is 0.631. The van der Waals surface area contributed by atoms with Crippen molar-refractivity contribution in [3.8, 4) is 0 Å². The summed E-state index contributed by atoms with van der Waals surface area (Å²) in [6, 6.07) is 8.69. The summed E-state index contributed by atoms with van der Waals surface area (Å²) >= 11 is 0. The van der Waals surface area contributed by atoms with Gasteiger partial charge in [0.05, 0.1) is 0 Å². The first kappa shape index (κ1) is 22.4. The van der Waals surface area contributed by atoms with Crippen molar-refractivity contribution in [1.29, 1.82) is 0 Å². The van der Waals surface area contributed by atoms with Crippen LogP contribution in [0.3, 0.4) is 0 Å². The lowest BCUT2D eigenvalue weighted by Gasteiger charge is -2.14. The van der Waals surface area contributed by atoms with Gasteiger partial charge in [0, 0.05) is 38.5 Å². The number of nitrogens with one attached hydrogen (secondary N) is 2. The molecule has 0 aliphatic carbocycles. The quantitative estimate of drug-likeness (QED) is 0.354. The molecule has 1 atom stereocenters. The van der Waals surface area contributed by atoms with Crippen molar-refractivity contribution in [2.24, 2.45) is 4.99 Å². The van der Waals surface area contributed by atoms with Crippen LogP contribution in [0.1, 0.15) is 43.6 Å². The molecule has 0 amide bonds. The van der Waals surface area contributed by atoms with Gasteiger partial charge >= 0.3 is 0 Å². The Balaban J connectivity index is 0.00000338. The van der Waals surface area contributed by atoms with E-state index in [0.717, 1.165) is 44.4 Å². The van der Waals surface area contributed by atoms with Gasteiger partial charge in [0.15, 0.2) is 5.96 Å². The molecule has 0 saturated carbocycles. The van der Waals surface area contributed by atoms with Gasteiger partial charge in [-0.15, -0.1) is 34.2 Å². The molecule has 0 aliphatic rings. The molecule has 0 aliphatic heterocycles. The maximum absolute atomic E-state index is 4.73. The van der Waals surface area contributed by atoms with Crippen LogP contribution >= 0.6 is 24.0 Å². The SMILES string of the molecule is CCNC(=NCC(C)c1ccc(C)cc1)NCCn1cnnc1CC.I. The molecule has 1 heterocycles. The first-order valence-corrected chi connectivity index (χ1v) is 9.09. The van der Waals surface area contributed by atoms with Gasteiger partial charge in [0.1, 0.15) is 12.2 Å². The molecular weight excluding hydrogens is 439 g/mol. The Morgan fingerprint density at radius 3 is 2.58 bits per heavy atom. The van der Waals surface area contributed by atoms with Crippen molar-refractivity contribution in [3.05, 3.63) is 47.5 Å². The van der Waals surface area contributed by atoms with E-state index in [1.165, 1.54) is 11.1 Å². The second kappa shape index (κ2) is 11.9. The highest BCUT2D eigenvalue weighted by molar-refractivity contribution is 14.0. The largest absolute Gasteiger partial charge is 0.357 e. The smallest absolute Gasteiger partial charge is 0.191 e. The number of nitrogens with zero attached hydrogens (tertiary/aromatic N) is 4. The Kier molecular flexibility index (Phi) is 10.2. The Hall–Kier alpha value is -1.64. The van der Waals surface area contributed by atoms with E-state index >= 15 is 0 Å². The minimum Gasteiger partial charge on any atom is -0.357 e. The zero-order valence-corrected chi connectivity index (χ0v) is 18.5. The predicted octanol–water partition coefficient (Wildman–Crippen LogP) is 3.13. The van der Waals surface area contributed by atoms with Crippen LogP contribution in [0.4, 0.5) is 0 Å². The van der Waals surface area contributed by atoms with Crippen LogP contribution < -0.4 is 10.6 Å². The summed E-state index contributed by atoms with van der Waals surface area (Å²) in [4.78, 5) is 4.73. The lowest BCUT2D eigenvalue weighted by Crippen LogP contribution is -2.39. The topological polar surface area (TPSA) is 67.1 Å². The van der Waals surface area contributed by atoms with Crippen molar-refractivity contribution in [2.45, 2.75) is 46.6 Å². The molecule has 144 valence electrons. The van der Waals surface area contributed by atoms with Crippen molar-refractivity contribution in [2.75, 3.05) is 19.6 Å². The minimum atomic E-state index is 0. The number of hydrogen-bond acceptors (Lipinski definition) is 3. The van der Waals surface area contributed by atoms with Crippen molar-refractivity contribution in [1.82, 2.24) is 25.4 Å². The fourth-order valence-electron chi connectivity index (χ4n) is 2.60. The molecule has 26 heavy (non-hydrogen) atoms. The first-order valence-electron chi connectivity index (χ1n) is 9.09. The molecule has 7 heteroatoms. The molecule has 0 radical (unpaired) electrons. The van der Waals surface area contributed by atoms with E-state index in [4.69, 9.17) is 4.99 Å². The van der Waals surface area contributed by atoms with Crippen LogP contribution in [0.5, 0.6) is 0 Å². The third-order valence-corrected chi connectivity index (χ3v) is 4.17. The van der Waals surface area contributed by atoms with E-state index in [9.17, 15) is 0 Å². The van der Waals surface area contributed by atoms with Crippen LogP contribution in [0.15, 0.2) is 35.6 Å². The first-order chi connectivity index (χ1) is 12.1. The average molecular weight is 470 g/mol. The lowest BCUT2D eigenvalue weighted by atomic mass is 10.0. The van der Waals surface area contributed by atoms with Crippen LogP contribution in [-0.2, 0) is 13.0 Å². The summed E-state index contributed by atoms with van der Waals surface area (Å²) in [7, 11) is 0. The average Bonchev–Trinajstić information content (AvgIpc) is 3.07. The highest BCUT2D eigenvalue weighted by Crippen LogP contribution is 2.15. The molecule has 0 saturated heterocycles. The van der Waals surface area contributed by atoms with Gasteiger partial charge in [-0.1, -0.05) is 43.7 Å². The number of aryl methyl sites for hydroxylation is 2. The molecule has 2 rings (SSSR count). The van der Waals surface area contributed by atoms with Crippen molar-refractivity contribution in [3.63, 3.8) is 0 Å². The molecule has 2 aromatic rings. The summed E-state index contributed by atoms with van der Waals surface area (Å²) in [6.45, 7) is 11.7. The number of guanidine groups is 1. The number of aromatic nitrogens is 3. The van der Waals surface area contributed by atoms with E-state index in [-0.39, 0.29) is 24.0 Å². The number of aliphatic imine (C=N–C) groups is 1. The summed E-state index contributed by atoms with van der Waals surface area (Å²) in [5.74, 6) is 2.25. The van der Waals surface area contributed by atoms with E-state index in [2.05, 4.69) is 77.4 Å². The Morgan fingerprint density at radius 1 is 1.19 bits per heavy atom. The van der Waals surface area contributed by atoms with Crippen LogP contribution in [0.25, 0.3) is 0 Å². The Morgan fingerprint density at radius 2 is 1.92 bits per heavy atom. The summed E-state index contributed by atoms with van der Waals surface area (Å²) < 4.78 is 2.07. The predicted molar refractivity (Wildman–Crippen MR) is 118 cm³/mol. The number of hydrogen-bond donors (Lipinski definition) is 2. The van der Waals surface area contributed by atoms with E-state index in [0.29, 0.717) is 5.92 Å². The third kappa shape index (κ3) is 6.93. The molecule has 0 fully saturated rings. The standard InChI is InChI=1S/C19H30N6.HI/c1-5-18-24-23-14-25(18)12-11-21-19(20-6-2)22-13-16(4)17-9-7-15(3)8-10-17;/h7-10,14,16H,5-6,11-13H2,1-4H3,(H2,20,21,22);1H. The molecular formula is C19H31IN6. The van der Waals surface area contributed by atoms with Crippen LogP contribution in [-0.4, -0.2) is 40.4 Å². The Bertz CT molecular complexity index is 665. The van der Waals surface area contributed by atoms with Crippen LogP contribution in [0, 0.1) is 6.92 Å². The van der Waals surface area contributed by atoms with Gasteiger partial charge in [0.2, 0.25) is 0 Å². The molecule has 2 N–H and O–H groups in total. The third-order valence-electron chi connectivity index (χ3n) is 4.17. The van der Waals surface area contributed by atoms with Gasteiger partial charge < -0.3 is 15.2 Å². The van der Waals surface area contributed by atoms with Crippen LogP contribution in [0.2, 0.25) is 0 Å². The minimum absolute atomic E-state index is 0. The molecule has 1 aromatic carbocycles. The summed E-state index contributed by atoms with van der Waals surface area (Å²) in [5.41, 5.74) is 2.61. The fraction of sp³-hybridized carbons (Fsp3) is 0.526. The summed E-state index contributed by atoms with van der Waals surface area (Å²) in [6.07, 6.45) is 2.67. The zero-order chi connectivity index (χ0) is 18.1. The monoisotopic (exact) mass is 470 g/mol. The van der Waals surface area contributed by atoms with Crippen molar-refractivity contribution >= 4 is 29.9 Å². The number of halogens is 1. The molecule has 6 nitrogen and oxygen atoms in total.